The summed E-state index contributed by atoms with van der Waals surface area (Å²) in [5.74, 6) is -0.215. The first-order chi connectivity index (χ1) is 9.08. The Labute approximate surface area is 121 Å². The molecule has 0 saturated heterocycles. The number of anilines is 1. The average molecular weight is 319 g/mol. The van der Waals surface area contributed by atoms with Crippen LogP contribution in [-0.4, -0.2) is 5.91 Å². The van der Waals surface area contributed by atoms with Crippen molar-refractivity contribution in [2.45, 2.75) is 13.0 Å². The summed E-state index contributed by atoms with van der Waals surface area (Å²) in [4.78, 5) is 12.1. The van der Waals surface area contributed by atoms with Crippen molar-refractivity contribution in [1.82, 2.24) is 0 Å². The van der Waals surface area contributed by atoms with E-state index in [2.05, 4.69) is 21.2 Å². The summed E-state index contributed by atoms with van der Waals surface area (Å²) < 4.78 is 1.01. The van der Waals surface area contributed by atoms with Crippen molar-refractivity contribution in [1.29, 1.82) is 0 Å². The number of hydrogen-bond donors (Lipinski definition) is 2. The van der Waals surface area contributed by atoms with Crippen LogP contribution in [0, 0.1) is 6.92 Å². The van der Waals surface area contributed by atoms with Gasteiger partial charge in [-0.15, -0.1) is 0 Å². The van der Waals surface area contributed by atoms with Gasteiger partial charge in [-0.05, 0) is 36.2 Å². The fourth-order valence-corrected chi connectivity index (χ4v) is 2.00. The van der Waals surface area contributed by atoms with E-state index >= 15 is 0 Å². The van der Waals surface area contributed by atoms with Crippen molar-refractivity contribution >= 4 is 27.5 Å². The van der Waals surface area contributed by atoms with Crippen LogP contribution in [0.4, 0.5) is 5.69 Å². The third-order valence-electron chi connectivity index (χ3n) is 2.87. The van der Waals surface area contributed by atoms with Gasteiger partial charge in [-0.1, -0.05) is 46.3 Å². The molecule has 0 aliphatic carbocycles. The number of aryl methyl sites for hydroxylation is 1. The lowest BCUT2D eigenvalue weighted by Crippen LogP contribution is -2.27. The van der Waals surface area contributed by atoms with Crippen LogP contribution in [0.5, 0.6) is 0 Å². The fraction of sp³-hybridized carbons (Fsp3) is 0.133. The minimum Gasteiger partial charge on any atom is -0.324 e. The summed E-state index contributed by atoms with van der Waals surface area (Å²) >= 11 is 3.42. The molecule has 0 fully saturated rings. The van der Waals surface area contributed by atoms with Crippen LogP contribution >= 0.6 is 15.9 Å². The number of rotatable bonds is 3. The minimum absolute atomic E-state index is 0.215. The molecule has 4 heteroatoms. The van der Waals surface area contributed by atoms with Crippen LogP contribution in [0.3, 0.4) is 0 Å². The van der Waals surface area contributed by atoms with Crippen LogP contribution in [0.25, 0.3) is 0 Å². The Bertz CT molecular complexity index is 584. The van der Waals surface area contributed by atoms with Crippen LogP contribution < -0.4 is 11.1 Å². The number of amides is 1. The summed E-state index contributed by atoms with van der Waals surface area (Å²) in [5, 5.41) is 2.82. The lowest BCUT2D eigenvalue weighted by atomic mass is 10.1. The van der Waals surface area contributed by atoms with Gasteiger partial charge in [-0.3, -0.25) is 4.79 Å². The molecule has 1 unspecified atom stereocenters. The van der Waals surface area contributed by atoms with Gasteiger partial charge in [-0.2, -0.15) is 0 Å². The first kappa shape index (κ1) is 13.8. The molecule has 0 aliphatic rings. The maximum Gasteiger partial charge on any atom is 0.245 e. The number of nitrogens with one attached hydrogen (secondary N) is 1. The molecular formula is C15H15BrN2O. The Morgan fingerprint density at radius 1 is 1.21 bits per heavy atom. The van der Waals surface area contributed by atoms with Crippen molar-refractivity contribution in [3.63, 3.8) is 0 Å². The monoisotopic (exact) mass is 318 g/mol. The second-order valence-corrected chi connectivity index (χ2v) is 5.20. The average Bonchev–Trinajstić information content (AvgIpc) is 2.43. The molecule has 2 rings (SSSR count). The third kappa shape index (κ3) is 3.43. The van der Waals surface area contributed by atoms with Gasteiger partial charge in [0.15, 0.2) is 0 Å². The fourth-order valence-electron chi connectivity index (χ4n) is 1.75. The maximum absolute atomic E-state index is 12.1. The van der Waals surface area contributed by atoms with E-state index in [1.54, 1.807) is 0 Å². The van der Waals surface area contributed by atoms with Crippen LogP contribution in [0.15, 0.2) is 53.0 Å². The van der Waals surface area contributed by atoms with E-state index in [1.807, 2.05) is 55.5 Å². The zero-order valence-corrected chi connectivity index (χ0v) is 12.1. The van der Waals surface area contributed by atoms with E-state index in [4.69, 9.17) is 5.73 Å². The highest BCUT2D eigenvalue weighted by Crippen LogP contribution is 2.21. The molecule has 2 aromatic carbocycles. The molecule has 0 saturated carbocycles. The molecule has 0 heterocycles. The smallest absolute Gasteiger partial charge is 0.245 e. The lowest BCUT2D eigenvalue weighted by Gasteiger charge is -2.13. The standard InChI is InChI=1S/C15H15BrN2O/c1-10-9-12(7-8-13(10)16)18-15(19)14(17)11-5-3-2-4-6-11/h2-9,14H,17H2,1H3,(H,18,19). The van der Waals surface area contributed by atoms with Crippen molar-refractivity contribution < 1.29 is 4.79 Å². The Kier molecular flexibility index (Phi) is 4.35. The normalized spacial score (nSPS) is 11.9. The van der Waals surface area contributed by atoms with E-state index < -0.39 is 6.04 Å². The lowest BCUT2D eigenvalue weighted by molar-refractivity contribution is -0.117. The Hall–Kier alpha value is -1.65. The highest BCUT2D eigenvalue weighted by molar-refractivity contribution is 9.10. The third-order valence-corrected chi connectivity index (χ3v) is 3.76. The molecule has 3 N–H and O–H groups in total. The van der Waals surface area contributed by atoms with Gasteiger partial charge in [0, 0.05) is 10.2 Å². The zero-order valence-electron chi connectivity index (χ0n) is 10.6. The van der Waals surface area contributed by atoms with Crippen LogP contribution in [0.2, 0.25) is 0 Å². The summed E-state index contributed by atoms with van der Waals surface area (Å²) in [6, 6.07) is 14.3. The number of carbonyl (C=O) groups excluding carboxylic acids is 1. The summed E-state index contributed by atoms with van der Waals surface area (Å²) in [7, 11) is 0. The SMILES string of the molecule is Cc1cc(NC(=O)C(N)c2ccccc2)ccc1Br. The van der Waals surface area contributed by atoms with Crippen molar-refractivity contribution in [2.24, 2.45) is 5.73 Å². The van der Waals surface area contributed by atoms with Gasteiger partial charge < -0.3 is 11.1 Å². The Morgan fingerprint density at radius 3 is 2.53 bits per heavy atom. The number of hydrogen-bond acceptors (Lipinski definition) is 2. The molecule has 0 bridgehead atoms. The summed E-state index contributed by atoms with van der Waals surface area (Å²) in [6.07, 6.45) is 0. The van der Waals surface area contributed by atoms with Crippen molar-refractivity contribution in [3.8, 4) is 0 Å². The predicted molar refractivity (Wildman–Crippen MR) is 80.9 cm³/mol. The summed E-state index contributed by atoms with van der Waals surface area (Å²) in [5.41, 5.74) is 8.54. The largest absolute Gasteiger partial charge is 0.324 e. The maximum atomic E-state index is 12.1. The van der Waals surface area contributed by atoms with Gasteiger partial charge in [0.2, 0.25) is 5.91 Å². The highest BCUT2D eigenvalue weighted by Gasteiger charge is 2.15. The van der Waals surface area contributed by atoms with Crippen molar-refractivity contribution in [3.05, 3.63) is 64.1 Å². The molecule has 3 nitrogen and oxygen atoms in total. The van der Waals surface area contributed by atoms with Crippen LogP contribution in [0.1, 0.15) is 17.2 Å². The van der Waals surface area contributed by atoms with Crippen LogP contribution in [-0.2, 0) is 4.79 Å². The molecule has 1 amide bonds. The summed E-state index contributed by atoms with van der Waals surface area (Å²) in [6.45, 7) is 1.97. The number of benzene rings is 2. The predicted octanol–water partition coefficient (Wildman–Crippen LogP) is 3.40. The molecule has 98 valence electrons. The van der Waals surface area contributed by atoms with Gasteiger partial charge in [0.05, 0.1) is 0 Å². The molecular weight excluding hydrogens is 304 g/mol. The first-order valence-corrected chi connectivity index (χ1v) is 6.75. The zero-order chi connectivity index (χ0) is 13.8. The van der Waals surface area contributed by atoms with E-state index in [0.717, 1.165) is 21.3 Å². The van der Waals surface area contributed by atoms with E-state index in [0.29, 0.717) is 0 Å². The Balaban J connectivity index is 2.10. The van der Waals surface area contributed by atoms with E-state index in [-0.39, 0.29) is 5.91 Å². The number of carbonyl (C=O) groups is 1. The van der Waals surface area contributed by atoms with Gasteiger partial charge >= 0.3 is 0 Å². The molecule has 0 spiro atoms. The molecule has 19 heavy (non-hydrogen) atoms. The number of halogens is 1. The second-order valence-electron chi connectivity index (χ2n) is 4.34. The minimum atomic E-state index is -0.662. The quantitative estimate of drug-likeness (QED) is 0.911. The molecule has 0 aliphatic heterocycles. The topological polar surface area (TPSA) is 55.1 Å². The van der Waals surface area contributed by atoms with Gasteiger partial charge in [0.25, 0.3) is 0 Å². The molecule has 0 aromatic heterocycles. The van der Waals surface area contributed by atoms with E-state index in [1.165, 1.54) is 0 Å². The van der Waals surface area contributed by atoms with Gasteiger partial charge in [0.1, 0.15) is 6.04 Å². The number of nitrogens with two attached hydrogens (primary N) is 1. The first-order valence-electron chi connectivity index (χ1n) is 5.95. The van der Waals surface area contributed by atoms with E-state index in [9.17, 15) is 4.79 Å². The molecule has 0 radical (unpaired) electrons. The van der Waals surface area contributed by atoms with Crippen molar-refractivity contribution in [2.75, 3.05) is 5.32 Å². The highest BCUT2D eigenvalue weighted by atomic mass is 79.9. The Morgan fingerprint density at radius 2 is 1.89 bits per heavy atom. The molecule has 1 atom stereocenters. The molecule has 2 aromatic rings. The second kappa shape index (κ2) is 5.99. The van der Waals surface area contributed by atoms with Gasteiger partial charge in [-0.25, -0.2) is 0 Å².